The second-order valence-corrected chi connectivity index (χ2v) is 10.0. The van der Waals surface area contributed by atoms with Gasteiger partial charge in [0.1, 0.15) is 11.9 Å². The van der Waals surface area contributed by atoms with Crippen molar-refractivity contribution >= 4 is 17.3 Å². The summed E-state index contributed by atoms with van der Waals surface area (Å²) in [6.45, 7) is 7.35. The van der Waals surface area contributed by atoms with Crippen LogP contribution in [-0.4, -0.2) is 56.7 Å². The maximum Gasteiger partial charge on any atom is 0.306 e. The first-order valence-electron chi connectivity index (χ1n) is 12.8. The van der Waals surface area contributed by atoms with E-state index in [0.717, 1.165) is 57.5 Å². The zero-order chi connectivity index (χ0) is 23.7. The molecule has 0 aromatic heterocycles. The van der Waals surface area contributed by atoms with Crippen molar-refractivity contribution < 1.29 is 13.9 Å². The molecule has 5 rings (SSSR count). The standard InChI is InChI=1S/C28H36FN3O2/c1-3-6-27(33)34-26(20-10-12-21(29)13-11-20)9-5-15-31-16-14-24-23(19-31)22-7-4-8-25-28(22)32(24)18-17-30(25)2/h4,7-8,10-13,23-24,26H,3,5-6,9,14-19H2,1-2H3/t23-,24-,26-/m0/s1. The summed E-state index contributed by atoms with van der Waals surface area (Å²) in [5.41, 5.74) is 5.23. The number of carbonyl (C=O) groups excluding carboxylic acids is 1. The molecular formula is C28H36FN3O2. The zero-order valence-corrected chi connectivity index (χ0v) is 20.4. The van der Waals surface area contributed by atoms with E-state index in [1.165, 1.54) is 35.5 Å². The van der Waals surface area contributed by atoms with Gasteiger partial charge >= 0.3 is 5.97 Å². The van der Waals surface area contributed by atoms with Crippen molar-refractivity contribution in [3.63, 3.8) is 0 Å². The summed E-state index contributed by atoms with van der Waals surface area (Å²) in [5.74, 6) is 0.117. The maximum atomic E-state index is 13.4. The molecule has 3 atom stereocenters. The van der Waals surface area contributed by atoms with Crippen molar-refractivity contribution in [2.75, 3.05) is 49.6 Å². The predicted octanol–water partition coefficient (Wildman–Crippen LogP) is 5.12. The number of nitrogens with zero attached hydrogens (tertiary/aromatic N) is 3. The molecule has 3 heterocycles. The number of ether oxygens (including phenoxy) is 1. The molecule has 182 valence electrons. The van der Waals surface area contributed by atoms with E-state index in [4.69, 9.17) is 4.74 Å². The molecule has 0 unspecified atom stereocenters. The van der Waals surface area contributed by atoms with Gasteiger partial charge in [-0.25, -0.2) is 4.39 Å². The van der Waals surface area contributed by atoms with Gasteiger partial charge in [-0.1, -0.05) is 31.2 Å². The van der Waals surface area contributed by atoms with Gasteiger partial charge in [0.15, 0.2) is 0 Å². The van der Waals surface area contributed by atoms with Gasteiger partial charge < -0.3 is 19.4 Å². The minimum Gasteiger partial charge on any atom is -0.457 e. The Morgan fingerprint density at radius 2 is 1.97 bits per heavy atom. The van der Waals surface area contributed by atoms with Crippen LogP contribution in [0, 0.1) is 5.82 Å². The van der Waals surface area contributed by atoms with Gasteiger partial charge in [0.25, 0.3) is 0 Å². The smallest absolute Gasteiger partial charge is 0.306 e. The van der Waals surface area contributed by atoms with Crippen LogP contribution in [-0.2, 0) is 9.53 Å². The second kappa shape index (κ2) is 9.95. The zero-order valence-electron chi connectivity index (χ0n) is 20.4. The van der Waals surface area contributed by atoms with Crippen molar-refractivity contribution in [2.45, 2.75) is 57.1 Å². The van der Waals surface area contributed by atoms with Gasteiger partial charge in [-0.05, 0) is 61.6 Å². The Morgan fingerprint density at radius 3 is 2.76 bits per heavy atom. The summed E-state index contributed by atoms with van der Waals surface area (Å²) in [6.07, 6.45) is 3.75. The van der Waals surface area contributed by atoms with Crippen LogP contribution in [0.25, 0.3) is 0 Å². The third-order valence-corrected chi connectivity index (χ3v) is 7.79. The largest absolute Gasteiger partial charge is 0.457 e. The fraction of sp³-hybridized carbons (Fsp3) is 0.536. The van der Waals surface area contributed by atoms with Gasteiger partial charge in [-0.15, -0.1) is 0 Å². The number of rotatable bonds is 8. The van der Waals surface area contributed by atoms with Crippen molar-refractivity contribution in [3.8, 4) is 0 Å². The Balaban J connectivity index is 1.22. The predicted molar refractivity (Wildman–Crippen MR) is 134 cm³/mol. The summed E-state index contributed by atoms with van der Waals surface area (Å²) in [4.78, 5) is 19.8. The fourth-order valence-electron chi connectivity index (χ4n) is 6.07. The Kier molecular flexibility index (Phi) is 6.77. The number of likely N-dealkylation sites (N-methyl/N-ethyl adjacent to an activating group) is 1. The molecule has 3 aliphatic heterocycles. The number of piperidine rings is 1. The number of halogens is 1. The summed E-state index contributed by atoms with van der Waals surface area (Å²) in [7, 11) is 2.20. The van der Waals surface area contributed by atoms with E-state index in [9.17, 15) is 9.18 Å². The number of carbonyl (C=O) groups is 1. The molecule has 5 nitrogen and oxygen atoms in total. The van der Waals surface area contributed by atoms with Crippen LogP contribution in [0.4, 0.5) is 15.8 Å². The molecule has 0 radical (unpaired) electrons. The molecule has 0 saturated carbocycles. The first-order valence-corrected chi connectivity index (χ1v) is 12.8. The maximum absolute atomic E-state index is 13.4. The molecule has 6 heteroatoms. The van der Waals surface area contributed by atoms with Crippen LogP contribution < -0.4 is 9.80 Å². The van der Waals surface area contributed by atoms with E-state index in [1.54, 1.807) is 12.1 Å². The molecule has 3 aliphatic rings. The number of anilines is 2. The highest BCUT2D eigenvalue weighted by Crippen LogP contribution is 2.50. The Labute approximate surface area is 202 Å². The van der Waals surface area contributed by atoms with E-state index >= 15 is 0 Å². The SMILES string of the molecule is CCCC(=O)O[C@@H](CCCN1CC[C@H]2[C@@H](C1)c1cccc3c1N2CCN3C)c1ccc(F)cc1. The van der Waals surface area contributed by atoms with Crippen molar-refractivity contribution in [1.29, 1.82) is 0 Å². The van der Waals surface area contributed by atoms with Gasteiger partial charge in [-0.2, -0.15) is 0 Å². The molecule has 1 saturated heterocycles. The monoisotopic (exact) mass is 465 g/mol. The van der Waals surface area contributed by atoms with E-state index in [1.807, 2.05) is 6.92 Å². The van der Waals surface area contributed by atoms with Crippen LogP contribution in [0.5, 0.6) is 0 Å². The van der Waals surface area contributed by atoms with Crippen LogP contribution in [0.3, 0.4) is 0 Å². The van der Waals surface area contributed by atoms with Gasteiger partial charge in [0.2, 0.25) is 0 Å². The number of fused-ring (bicyclic) bond motifs is 3. The summed E-state index contributed by atoms with van der Waals surface area (Å²) in [5, 5.41) is 0. The number of hydrogen-bond donors (Lipinski definition) is 0. The molecular weight excluding hydrogens is 429 g/mol. The molecule has 0 spiro atoms. The van der Waals surface area contributed by atoms with Crippen LogP contribution in [0.2, 0.25) is 0 Å². The lowest BCUT2D eigenvalue weighted by molar-refractivity contribution is -0.150. The topological polar surface area (TPSA) is 36.0 Å². The van der Waals surface area contributed by atoms with Crippen molar-refractivity contribution in [2.24, 2.45) is 0 Å². The lowest BCUT2D eigenvalue weighted by Gasteiger charge is -2.41. The number of benzene rings is 2. The quantitative estimate of drug-likeness (QED) is 0.506. The highest BCUT2D eigenvalue weighted by atomic mass is 19.1. The second-order valence-electron chi connectivity index (χ2n) is 10.0. The lowest BCUT2D eigenvalue weighted by Crippen LogP contribution is -2.49. The van der Waals surface area contributed by atoms with Gasteiger partial charge in [-0.3, -0.25) is 4.79 Å². The average Bonchev–Trinajstić information content (AvgIpc) is 3.16. The van der Waals surface area contributed by atoms with E-state index < -0.39 is 0 Å². The van der Waals surface area contributed by atoms with Crippen LogP contribution >= 0.6 is 0 Å². The van der Waals surface area contributed by atoms with Crippen molar-refractivity contribution in [3.05, 3.63) is 59.4 Å². The Bertz CT molecular complexity index is 1010. The normalized spacial score (nSPS) is 22.3. The minimum atomic E-state index is -0.313. The lowest BCUT2D eigenvalue weighted by atomic mass is 9.89. The third-order valence-electron chi connectivity index (χ3n) is 7.79. The van der Waals surface area contributed by atoms with Gasteiger partial charge in [0, 0.05) is 51.6 Å². The van der Waals surface area contributed by atoms with E-state index in [2.05, 4.69) is 39.9 Å². The van der Waals surface area contributed by atoms with E-state index in [0.29, 0.717) is 18.4 Å². The number of hydrogen-bond acceptors (Lipinski definition) is 5. The number of para-hydroxylation sites is 1. The molecule has 0 bridgehead atoms. The average molecular weight is 466 g/mol. The highest BCUT2D eigenvalue weighted by Gasteiger charge is 2.44. The van der Waals surface area contributed by atoms with Gasteiger partial charge in [0.05, 0.1) is 11.4 Å². The minimum absolute atomic E-state index is 0.174. The molecule has 0 amide bonds. The fourth-order valence-corrected chi connectivity index (χ4v) is 6.07. The highest BCUT2D eigenvalue weighted by molar-refractivity contribution is 5.80. The molecule has 1 fully saturated rings. The first kappa shape index (κ1) is 23.2. The van der Waals surface area contributed by atoms with Crippen molar-refractivity contribution in [1.82, 2.24) is 4.90 Å². The molecule has 2 aromatic rings. The molecule has 0 aliphatic carbocycles. The summed E-state index contributed by atoms with van der Waals surface area (Å²) in [6, 6.07) is 13.8. The molecule has 34 heavy (non-hydrogen) atoms. The third kappa shape index (κ3) is 4.52. The first-order chi connectivity index (χ1) is 16.5. The Hall–Kier alpha value is -2.60. The molecule has 0 N–H and O–H groups in total. The Morgan fingerprint density at radius 1 is 1.15 bits per heavy atom. The molecule has 2 aromatic carbocycles. The number of esters is 1. The van der Waals surface area contributed by atoms with Crippen LogP contribution in [0.15, 0.2) is 42.5 Å². The number of likely N-dealkylation sites (tertiary alicyclic amines) is 1. The van der Waals surface area contributed by atoms with Crippen LogP contribution in [0.1, 0.15) is 62.2 Å². The summed E-state index contributed by atoms with van der Waals surface area (Å²) >= 11 is 0. The van der Waals surface area contributed by atoms with E-state index in [-0.39, 0.29) is 17.9 Å². The summed E-state index contributed by atoms with van der Waals surface area (Å²) < 4.78 is 19.2.